The molecule has 0 aromatic rings. The highest BCUT2D eigenvalue weighted by Gasteiger charge is 2.18. The molecule has 0 spiro atoms. The molecule has 1 N–H and O–H groups in total. The van der Waals surface area contributed by atoms with Crippen molar-refractivity contribution in [1.29, 1.82) is 5.26 Å². The second-order valence-corrected chi connectivity index (χ2v) is 3.63. The Balaban J connectivity index is 2.58. The molecule has 1 aliphatic carbocycles. The van der Waals surface area contributed by atoms with Gasteiger partial charge in [0, 0.05) is 0 Å². The lowest BCUT2D eigenvalue weighted by Crippen LogP contribution is -2.14. The number of rotatable bonds is 2. The van der Waals surface area contributed by atoms with Crippen molar-refractivity contribution >= 4 is 0 Å². The van der Waals surface area contributed by atoms with Gasteiger partial charge in [0.2, 0.25) is 0 Å². The number of hydrogen-bond donors (Lipinski definition) is 1. The van der Waals surface area contributed by atoms with Gasteiger partial charge >= 0.3 is 0 Å². The first-order valence-corrected chi connectivity index (χ1v) is 4.57. The summed E-state index contributed by atoms with van der Waals surface area (Å²) in [7, 11) is 0. The molecule has 0 radical (unpaired) electrons. The van der Waals surface area contributed by atoms with Crippen LogP contribution in [0, 0.1) is 17.2 Å². The van der Waals surface area contributed by atoms with Gasteiger partial charge in [0.25, 0.3) is 0 Å². The highest BCUT2D eigenvalue weighted by Crippen LogP contribution is 2.29. The van der Waals surface area contributed by atoms with Crippen LogP contribution in [0.3, 0.4) is 0 Å². The van der Waals surface area contributed by atoms with E-state index in [0.29, 0.717) is 5.92 Å². The van der Waals surface area contributed by atoms with Gasteiger partial charge in [0.05, 0.1) is 6.07 Å². The first-order chi connectivity index (χ1) is 6.15. The highest BCUT2D eigenvalue weighted by molar-refractivity contribution is 5.20. The SMILES string of the molecule is C=C(C)C1CC=C(C(O)C#N)CC1. The average Bonchev–Trinajstić information content (AvgIpc) is 2.17. The third-order valence-corrected chi connectivity index (χ3v) is 2.62. The van der Waals surface area contributed by atoms with E-state index in [2.05, 4.69) is 6.58 Å². The largest absolute Gasteiger partial charge is 0.374 e. The Morgan fingerprint density at radius 1 is 1.85 bits per heavy atom. The lowest BCUT2D eigenvalue weighted by atomic mass is 9.84. The number of nitrogens with zero attached hydrogens (tertiary/aromatic N) is 1. The molecule has 0 amide bonds. The molecule has 0 aromatic carbocycles. The third-order valence-electron chi connectivity index (χ3n) is 2.62. The lowest BCUT2D eigenvalue weighted by molar-refractivity contribution is 0.255. The van der Waals surface area contributed by atoms with Crippen molar-refractivity contribution < 1.29 is 5.11 Å². The number of hydrogen-bond acceptors (Lipinski definition) is 2. The molecule has 0 bridgehead atoms. The van der Waals surface area contributed by atoms with E-state index in [9.17, 15) is 5.11 Å². The summed E-state index contributed by atoms with van der Waals surface area (Å²) in [5, 5.41) is 17.8. The van der Waals surface area contributed by atoms with Crippen LogP contribution in [0.4, 0.5) is 0 Å². The minimum absolute atomic E-state index is 0.537. The third kappa shape index (κ3) is 2.43. The van der Waals surface area contributed by atoms with Crippen molar-refractivity contribution in [2.24, 2.45) is 5.92 Å². The average molecular weight is 177 g/mol. The van der Waals surface area contributed by atoms with Gasteiger partial charge in [0.15, 0.2) is 6.10 Å². The summed E-state index contributed by atoms with van der Waals surface area (Å²) < 4.78 is 0. The topological polar surface area (TPSA) is 44.0 Å². The molecule has 2 nitrogen and oxygen atoms in total. The molecule has 13 heavy (non-hydrogen) atoms. The summed E-state index contributed by atoms with van der Waals surface area (Å²) in [5.41, 5.74) is 2.07. The van der Waals surface area contributed by atoms with Crippen molar-refractivity contribution in [3.8, 4) is 6.07 Å². The van der Waals surface area contributed by atoms with Crippen LogP contribution in [-0.2, 0) is 0 Å². The Kier molecular flexibility index (Phi) is 3.27. The molecule has 1 aliphatic rings. The van der Waals surface area contributed by atoms with E-state index in [1.54, 1.807) is 0 Å². The van der Waals surface area contributed by atoms with Gasteiger partial charge in [-0.15, -0.1) is 0 Å². The van der Waals surface area contributed by atoms with E-state index in [0.717, 1.165) is 24.8 Å². The van der Waals surface area contributed by atoms with Crippen LogP contribution in [0.2, 0.25) is 0 Å². The number of nitriles is 1. The smallest absolute Gasteiger partial charge is 0.161 e. The monoisotopic (exact) mass is 177 g/mol. The minimum atomic E-state index is -0.897. The standard InChI is InChI=1S/C11H15NO/c1-8(2)9-3-5-10(6-4-9)11(13)7-12/h5,9,11,13H,1,3-4,6H2,2H3. The lowest BCUT2D eigenvalue weighted by Gasteiger charge is -2.22. The van der Waals surface area contributed by atoms with Crippen molar-refractivity contribution in [2.45, 2.75) is 32.3 Å². The molecular formula is C11H15NO. The van der Waals surface area contributed by atoms with E-state index >= 15 is 0 Å². The number of aliphatic hydroxyl groups is 1. The molecule has 1 rings (SSSR count). The molecule has 0 heterocycles. The number of allylic oxidation sites excluding steroid dienone is 2. The van der Waals surface area contributed by atoms with Crippen LogP contribution in [0.5, 0.6) is 0 Å². The van der Waals surface area contributed by atoms with E-state index < -0.39 is 6.10 Å². The fourth-order valence-corrected chi connectivity index (χ4v) is 1.63. The van der Waals surface area contributed by atoms with Crippen molar-refractivity contribution in [2.75, 3.05) is 0 Å². The Morgan fingerprint density at radius 3 is 2.92 bits per heavy atom. The summed E-state index contributed by atoms with van der Waals surface area (Å²) in [6, 6.07) is 1.84. The van der Waals surface area contributed by atoms with Crippen LogP contribution in [0.25, 0.3) is 0 Å². The Labute approximate surface area is 79.2 Å². The predicted molar refractivity (Wildman–Crippen MR) is 51.9 cm³/mol. The molecule has 0 aliphatic heterocycles. The first kappa shape index (κ1) is 10.0. The quantitative estimate of drug-likeness (QED) is 0.519. The molecule has 0 aromatic heterocycles. The van der Waals surface area contributed by atoms with Crippen LogP contribution in [-0.4, -0.2) is 11.2 Å². The van der Waals surface area contributed by atoms with Gasteiger partial charge in [-0.2, -0.15) is 5.26 Å². The normalized spacial score (nSPS) is 24.4. The zero-order chi connectivity index (χ0) is 9.84. The van der Waals surface area contributed by atoms with E-state index in [-0.39, 0.29) is 0 Å². The van der Waals surface area contributed by atoms with Gasteiger partial charge < -0.3 is 5.11 Å². The summed E-state index contributed by atoms with van der Waals surface area (Å²) in [6.45, 7) is 5.94. The summed E-state index contributed by atoms with van der Waals surface area (Å²) in [6.07, 6.45) is 3.85. The van der Waals surface area contributed by atoms with Crippen LogP contribution in [0.1, 0.15) is 26.2 Å². The van der Waals surface area contributed by atoms with Gasteiger partial charge in [0.1, 0.15) is 0 Å². The summed E-state index contributed by atoms with van der Waals surface area (Å²) >= 11 is 0. The zero-order valence-corrected chi connectivity index (χ0v) is 7.95. The van der Waals surface area contributed by atoms with Gasteiger partial charge in [-0.05, 0) is 37.7 Å². The first-order valence-electron chi connectivity index (χ1n) is 4.57. The maximum Gasteiger partial charge on any atom is 0.161 e. The molecular weight excluding hydrogens is 162 g/mol. The van der Waals surface area contributed by atoms with Gasteiger partial charge in [-0.3, -0.25) is 0 Å². The molecule has 70 valence electrons. The fraction of sp³-hybridized carbons (Fsp3) is 0.545. The molecule has 2 heteroatoms. The summed E-state index contributed by atoms with van der Waals surface area (Å²) in [5.74, 6) is 0.537. The van der Waals surface area contributed by atoms with Crippen LogP contribution in [0.15, 0.2) is 23.8 Å². The van der Waals surface area contributed by atoms with Crippen LogP contribution >= 0.6 is 0 Å². The molecule has 0 saturated heterocycles. The fourth-order valence-electron chi connectivity index (χ4n) is 1.63. The molecule has 0 saturated carbocycles. The number of aliphatic hydroxyl groups excluding tert-OH is 1. The Hall–Kier alpha value is -1.07. The molecule has 0 fully saturated rings. The summed E-state index contributed by atoms with van der Waals surface area (Å²) in [4.78, 5) is 0. The maximum atomic E-state index is 9.26. The van der Waals surface area contributed by atoms with E-state index in [4.69, 9.17) is 5.26 Å². The highest BCUT2D eigenvalue weighted by atomic mass is 16.3. The Morgan fingerprint density at radius 2 is 2.54 bits per heavy atom. The van der Waals surface area contributed by atoms with Crippen LogP contribution < -0.4 is 0 Å². The molecule has 2 unspecified atom stereocenters. The second-order valence-electron chi connectivity index (χ2n) is 3.63. The Bertz CT molecular complexity index is 272. The van der Waals surface area contributed by atoms with E-state index in [1.807, 2.05) is 19.1 Å². The maximum absolute atomic E-state index is 9.26. The van der Waals surface area contributed by atoms with Crippen molar-refractivity contribution in [3.63, 3.8) is 0 Å². The van der Waals surface area contributed by atoms with Crippen molar-refractivity contribution in [3.05, 3.63) is 23.8 Å². The van der Waals surface area contributed by atoms with Gasteiger partial charge in [-0.25, -0.2) is 0 Å². The predicted octanol–water partition coefficient (Wildman–Crippen LogP) is 2.17. The van der Waals surface area contributed by atoms with E-state index in [1.165, 1.54) is 5.57 Å². The molecule has 2 atom stereocenters. The van der Waals surface area contributed by atoms with Crippen molar-refractivity contribution in [1.82, 2.24) is 0 Å². The van der Waals surface area contributed by atoms with Gasteiger partial charge in [-0.1, -0.05) is 18.2 Å². The zero-order valence-electron chi connectivity index (χ0n) is 7.95. The second kappa shape index (κ2) is 4.25. The minimum Gasteiger partial charge on any atom is -0.374 e.